The number of nitrogens with one attached hydrogen (secondary N) is 1. The van der Waals surface area contributed by atoms with Crippen LogP contribution in [0.4, 0.5) is 5.69 Å². The van der Waals surface area contributed by atoms with Gasteiger partial charge >= 0.3 is 0 Å². The second-order valence-electron chi connectivity index (χ2n) is 4.70. The number of rotatable bonds is 2. The number of para-hydroxylation sites is 1. The number of hydrogen-bond donors (Lipinski definition) is 2. The molecule has 0 saturated heterocycles. The van der Waals surface area contributed by atoms with Crippen LogP contribution >= 0.6 is 11.3 Å². The molecular weight excluding hydrogens is 282 g/mol. The maximum absolute atomic E-state index is 10.00. The van der Waals surface area contributed by atoms with Crippen LogP contribution in [0.3, 0.4) is 0 Å². The van der Waals surface area contributed by atoms with Crippen LogP contribution < -0.4 is 0 Å². The highest BCUT2D eigenvalue weighted by atomic mass is 32.1. The van der Waals surface area contributed by atoms with Crippen molar-refractivity contribution in [3.63, 3.8) is 0 Å². The lowest BCUT2D eigenvalue weighted by Gasteiger charge is -1.95. The second-order valence-corrected chi connectivity index (χ2v) is 5.58. The lowest BCUT2D eigenvalue weighted by atomic mass is 10.2. The molecular formula is C16H11N3OS. The normalized spacial score (nSPS) is 11.8. The average molecular weight is 293 g/mol. The molecule has 0 aliphatic heterocycles. The third kappa shape index (κ3) is 2.08. The molecule has 0 aliphatic rings. The number of aromatic hydroxyl groups is 1. The summed E-state index contributed by atoms with van der Waals surface area (Å²) in [5.41, 5.74) is 5.25. The third-order valence-electron chi connectivity index (χ3n) is 3.38. The molecule has 0 unspecified atom stereocenters. The van der Waals surface area contributed by atoms with E-state index in [0.29, 0.717) is 5.56 Å². The first kappa shape index (κ1) is 12.1. The highest BCUT2D eigenvalue weighted by Crippen LogP contribution is 2.27. The maximum atomic E-state index is 10.00. The molecule has 2 aromatic heterocycles. The Hall–Kier alpha value is -2.66. The molecule has 0 aliphatic carbocycles. The Kier molecular flexibility index (Phi) is 2.72. The standard InChI is InChI=1S/C16H11N3OS/c20-16-12(11-3-1-2-4-13(11)19-16)8-17-10-5-6-14-15(7-10)21-9-18-14/h1-9,19-20H. The van der Waals surface area contributed by atoms with Crippen molar-refractivity contribution in [2.24, 2.45) is 4.99 Å². The lowest BCUT2D eigenvalue weighted by Crippen LogP contribution is -1.78. The Balaban J connectivity index is 1.77. The molecule has 102 valence electrons. The second kappa shape index (κ2) is 4.71. The van der Waals surface area contributed by atoms with Gasteiger partial charge in [-0.25, -0.2) is 4.98 Å². The van der Waals surface area contributed by atoms with E-state index in [1.807, 2.05) is 48.0 Å². The molecule has 4 nitrogen and oxygen atoms in total. The van der Waals surface area contributed by atoms with Crippen molar-refractivity contribution in [1.82, 2.24) is 9.97 Å². The van der Waals surface area contributed by atoms with Crippen molar-refractivity contribution in [2.45, 2.75) is 0 Å². The van der Waals surface area contributed by atoms with E-state index in [0.717, 1.165) is 26.8 Å². The monoisotopic (exact) mass is 293 g/mol. The van der Waals surface area contributed by atoms with Crippen molar-refractivity contribution in [3.8, 4) is 5.88 Å². The van der Waals surface area contributed by atoms with Crippen molar-refractivity contribution >= 4 is 44.4 Å². The van der Waals surface area contributed by atoms with Gasteiger partial charge < -0.3 is 10.1 Å². The predicted molar refractivity (Wildman–Crippen MR) is 86.8 cm³/mol. The van der Waals surface area contributed by atoms with Gasteiger partial charge in [-0.2, -0.15) is 0 Å². The molecule has 0 radical (unpaired) electrons. The van der Waals surface area contributed by atoms with E-state index in [9.17, 15) is 5.11 Å². The number of H-pyrrole nitrogens is 1. The number of benzene rings is 2. The average Bonchev–Trinajstić information content (AvgIpc) is 3.08. The van der Waals surface area contributed by atoms with E-state index < -0.39 is 0 Å². The summed E-state index contributed by atoms with van der Waals surface area (Å²) in [5, 5.41) is 11.0. The molecule has 2 aromatic carbocycles. The fraction of sp³-hybridized carbons (Fsp3) is 0. The van der Waals surface area contributed by atoms with Crippen molar-refractivity contribution in [1.29, 1.82) is 0 Å². The molecule has 4 rings (SSSR count). The minimum atomic E-state index is 0.138. The minimum absolute atomic E-state index is 0.138. The van der Waals surface area contributed by atoms with E-state index in [2.05, 4.69) is 15.0 Å². The number of hydrogen-bond acceptors (Lipinski definition) is 4. The number of thiazole rings is 1. The molecule has 4 aromatic rings. The van der Waals surface area contributed by atoms with Gasteiger partial charge in [-0.15, -0.1) is 11.3 Å². The molecule has 0 bridgehead atoms. The topological polar surface area (TPSA) is 61.3 Å². The summed E-state index contributed by atoms with van der Waals surface area (Å²) in [6.07, 6.45) is 1.69. The summed E-state index contributed by atoms with van der Waals surface area (Å²) in [5.74, 6) is 0.138. The highest BCUT2D eigenvalue weighted by Gasteiger charge is 2.07. The van der Waals surface area contributed by atoms with Gasteiger partial charge in [-0.3, -0.25) is 4.99 Å². The van der Waals surface area contributed by atoms with Crippen molar-refractivity contribution in [3.05, 3.63) is 53.5 Å². The Bertz CT molecular complexity index is 968. The maximum Gasteiger partial charge on any atom is 0.198 e. The van der Waals surface area contributed by atoms with Gasteiger partial charge in [0.15, 0.2) is 5.88 Å². The summed E-state index contributed by atoms with van der Waals surface area (Å²) in [7, 11) is 0. The smallest absolute Gasteiger partial charge is 0.198 e. The lowest BCUT2D eigenvalue weighted by molar-refractivity contribution is 0.457. The summed E-state index contributed by atoms with van der Waals surface area (Å²) >= 11 is 1.59. The largest absolute Gasteiger partial charge is 0.494 e. The quantitative estimate of drug-likeness (QED) is 0.543. The van der Waals surface area contributed by atoms with Crippen LogP contribution in [-0.2, 0) is 0 Å². The minimum Gasteiger partial charge on any atom is -0.494 e. The van der Waals surface area contributed by atoms with Crippen molar-refractivity contribution < 1.29 is 5.11 Å². The first-order valence-electron chi connectivity index (χ1n) is 6.48. The van der Waals surface area contributed by atoms with Crippen LogP contribution in [-0.4, -0.2) is 21.3 Å². The zero-order valence-corrected chi connectivity index (χ0v) is 11.8. The number of fused-ring (bicyclic) bond motifs is 2. The number of nitrogens with zero attached hydrogens (tertiary/aromatic N) is 2. The van der Waals surface area contributed by atoms with Crippen LogP contribution in [0.2, 0.25) is 0 Å². The zero-order valence-electron chi connectivity index (χ0n) is 10.9. The molecule has 2 heterocycles. The van der Waals surface area contributed by atoms with Gasteiger partial charge in [-0.05, 0) is 24.3 Å². The van der Waals surface area contributed by atoms with Gasteiger partial charge in [-0.1, -0.05) is 18.2 Å². The van der Waals surface area contributed by atoms with E-state index >= 15 is 0 Å². The van der Waals surface area contributed by atoms with Crippen molar-refractivity contribution in [2.75, 3.05) is 0 Å². The molecule has 2 N–H and O–H groups in total. The summed E-state index contributed by atoms with van der Waals surface area (Å²) < 4.78 is 1.10. The number of aromatic amines is 1. The van der Waals surface area contributed by atoms with Gasteiger partial charge in [0.05, 0.1) is 27.0 Å². The van der Waals surface area contributed by atoms with Crippen LogP contribution in [0.25, 0.3) is 21.1 Å². The fourth-order valence-electron chi connectivity index (χ4n) is 2.34. The van der Waals surface area contributed by atoms with Crippen LogP contribution in [0.1, 0.15) is 5.56 Å². The molecule has 0 atom stereocenters. The Morgan fingerprint density at radius 1 is 1.19 bits per heavy atom. The van der Waals surface area contributed by atoms with E-state index in [4.69, 9.17) is 0 Å². The van der Waals surface area contributed by atoms with Gasteiger partial charge in [0, 0.05) is 17.1 Å². The molecule has 0 saturated carbocycles. The fourth-order valence-corrected chi connectivity index (χ4v) is 3.05. The summed E-state index contributed by atoms with van der Waals surface area (Å²) in [4.78, 5) is 11.7. The van der Waals surface area contributed by atoms with Gasteiger partial charge in [0.1, 0.15) is 0 Å². The zero-order chi connectivity index (χ0) is 14.2. The SMILES string of the molecule is Oc1[nH]c2ccccc2c1C=Nc1ccc2ncsc2c1. The van der Waals surface area contributed by atoms with E-state index in [1.165, 1.54) is 0 Å². The predicted octanol–water partition coefficient (Wildman–Crippen LogP) is 4.23. The van der Waals surface area contributed by atoms with Gasteiger partial charge in [0.25, 0.3) is 0 Å². The number of aromatic nitrogens is 2. The first-order valence-corrected chi connectivity index (χ1v) is 7.36. The van der Waals surface area contributed by atoms with Crippen LogP contribution in [0, 0.1) is 0 Å². The molecule has 5 heteroatoms. The van der Waals surface area contributed by atoms with Crippen LogP contribution in [0.5, 0.6) is 5.88 Å². The molecule has 0 spiro atoms. The number of aliphatic imine (C=N–C) groups is 1. The molecule has 0 fully saturated rings. The molecule has 0 amide bonds. The summed E-state index contributed by atoms with van der Waals surface area (Å²) in [6.45, 7) is 0. The Morgan fingerprint density at radius 3 is 3.05 bits per heavy atom. The highest BCUT2D eigenvalue weighted by molar-refractivity contribution is 7.16. The van der Waals surface area contributed by atoms with E-state index in [-0.39, 0.29) is 5.88 Å². The molecule has 21 heavy (non-hydrogen) atoms. The van der Waals surface area contributed by atoms with Crippen LogP contribution in [0.15, 0.2) is 53.0 Å². The van der Waals surface area contributed by atoms with E-state index in [1.54, 1.807) is 17.6 Å². The Morgan fingerprint density at radius 2 is 2.10 bits per heavy atom. The summed E-state index contributed by atoms with van der Waals surface area (Å²) in [6, 6.07) is 13.6. The Labute approximate surface area is 124 Å². The van der Waals surface area contributed by atoms with Gasteiger partial charge in [0.2, 0.25) is 0 Å². The third-order valence-corrected chi connectivity index (χ3v) is 4.17. The first-order chi connectivity index (χ1) is 10.3.